The number of nitrogens with zero attached hydrogens (tertiary/aromatic N) is 5. The number of imidazole rings is 1. The van der Waals surface area contributed by atoms with E-state index in [1.54, 1.807) is 6.20 Å². The number of ether oxygens (including phenoxy) is 1. The van der Waals surface area contributed by atoms with Crippen LogP contribution in [-0.2, 0) is 45.0 Å². The Kier molecular flexibility index (Phi) is 8.49. The van der Waals surface area contributed by atoms with E-state index in [9.17, 15) is 0 Å². The van der Waals surface area contributed by atoms with Gasteiger partial charge in [-0.3, -0.25) is 0 Å². The number of aryl methyl sites for hydroxylation is 6. The average Bonchev–Trinajstić information content (AvgIpc) is 3.72. The molecule has 5 aromatic heterocycles. The molecule has 7 heteroatoms. The van der Waals surface area contributed by atoms with Crippen molar-refractivity contribution in [1.29, 1.82) is 0 Å². The van der Waals surface area contributed by atoms with E-state index >= 15 is 0 Å². The molecule has 0 fully saturated rings. The Labute approximate surface area is 337 Å². The number of hydrogen-bond donors (Lipinski definition) is 0. The summed E-state index contributed by atoms with van der Waals surface area (Å²) in [5.74, 6) is 2.31. The Bertz CT molecular complexity index is 3060. The van der Waals surface area contributed by atoms with E-state index in [1.165, 1.54) is 61.1 Å². The summed E-state index contributed by atoms with van der Waals surface area (Å²) in [5.41, 5.74) is 17.3. The van der Waals surface area contributed by atoms with Crippen LogP contribution < -0.4 is 4.74 Å². The fourth-order valence-electron chi connectivity index (χ4n) is 8.65. The predicted molar refractivity (Wildman–Crippen MR) is 222 cm³/mol. The number of rotatable bonds is 5. The van der Waals surface area contributed by atoms with Crippen molar-refractivity contribution in [3.63, 3.8) is 0 Å². The normalized spacial score (nSPS) is 12.8. The van der Waals surface area contributed by atoms with Gasteiger partial charge in [0.25, 0.3) is 0 Å². The van der Waals surface area contributed by atoms with E-state index in [-0.39, 0.29) is 0 Å². The third kappa shape index (κ3) is 5.95. The van der Waals surface area contributed by atoms with Gasteiger partial charge in [-0.05, 0) is 36.6 Å². The predicted octanol–water partition coefficient (Wildman–Crippen LogP) is 11.3. The number of pyridine rings is 3. The SMILES string of the molecule is Cc1cc(C)nc(-n2c3ccc(-c4ccccc4)cc3c3ccc(Oc4cncc(-n5cc6c7ccc(n6[c]5=[Pt])CCc5ccc(c(C)c5C)CC7)c4)cc32)c1. The van der Waals surface area contributed by atoms with Crippen molar-refractivity contribution >= 4 is 27.3 Å². The van der Waals surface area contributed by atoms with Crippen molar-refractivity contribution in [2.75, 3.05) is 0 Å². The summed E-state index contributed by atoms with van der Waals surface area (Å²) in [4.78, 5) is 9.70. The summed E-state index contributed by atoms with van der Waals surface area (Å²) in [5, 5.41) is 2.32. The molecule has 4 aromatic carbocycles. The Morgan fingerprint density at radius 2 is 1.38 bits per heavy atom. The first-order valence-electron chi connectivity index (χ1n) is 19.3. The van der Waals surface area contributed by atoms with Crippen LogP contribution in [0.4, 0.5) is 0 Å². The minimum atomic E-state index is 0.679. The molecule has 9 aromatic rings. The monoisotopic (exact) mass is 910 g/mol. The summed E-state index contributed by atoms with van der Waals surface area (Å²) in [6.45, 7) is 8.75. The van der Waals surface area contributed by atoms with E-state index in [1.807, 2.05) is 6.20 Å². The molecule has 13 rings (SSSR count). The zero-order chi connectivity index (χ0) is 38.1. The second-order valence-electron chi connectivity index (χ2n) is 15.2. The second kappa shape index (κ2) is 13.7. The second-order valence-corrected chi connectivity index (χ2v) is 16.2. The maximum atomic E-state index is 6.67. The number of benzene rings is 4. The van der Waals surface area contributed by atoms with Gasteiger partial charge in [-0.2, -0.15) is 0 Å². The molecule has 0 N–H and O–H groups in total. The van der Waals surface area contributed by atoms with Gasteiger partial charge >= 0.3 is 260 Å². The maximum absolute atomic E-state index is 6.67. The molecule has 2 aliphatic carbocycles. The number of hydrogen-bond acceptors (Lipinski definition) is 3. The van der Waals surface area contributed by atoms with Gasteiger partial charge in [-0.25, -0.2) is 0 Å². The summed E-state index contributed by atoms with van der Waals surface area (Å²) in [7, 11) is 0. The Morgan fingerprint density at radius 3 is 2.18 bits per heavy atom. The van der Waals surface area contributed by atoms with E-state index in [2.05, 4.69) is 176 Å². The van der Waals surface area contributed by atoms with Crippen molar-refractivity contribution in [2.24, 2.45) is 0 Å². The van der Waals surface area contributed by atoms with Gasteiger partial charge in [0.05, 0.1) is 0 Å². The van der Waals surface area contributed by atoms with Gasteiger partial charge in [0.15, 0.2) is 0 Å². The molecule has 0 spiro atoms. The van der Waals surface area contributed by atoms with Crippen LogP contribution in [0.5, 0.6) is 11.5 Å². The third-order valence-corrected chi connectivity index (χ3v) is 12.7. The summed E-state index contributed by atoms with van der Waals surface area (Å²) >= 11 is 2.48. The molecule has 0 saturated heterocycles. The summed E-state index contributed by atoms with van der Waals surface area (Å²) < 4.78 is 14.7. The van der Waals surface area contributed by atoms with Gasteiger partial charge in [0, 0.05) is 5.69 Å². The quantitative estimate of drug-likeness (QED) is 0.173. The molecular formula is C49H41N5OPt. The van der Waals surface area contributed by atoms with Crippen LogP contribution in [-0.4, -0.2) is 23.5 Å². The van der Waals surface area contributed by atoms with Crippen LogP contribution >= 0.6 is 0 Å². The van der Waals surface area contributed by atoms with Gasteiger partial charge < -0.3 is 0 Å². The molecule has 0 saturated carbocycles. The van der Waals surface area contributed by atoms with Crippen LogP contribution in [0.2, 0.25) is 0 Å². The first-order chi connectivity index (χ1) is 27.3. The van der Waals surface area contributed by atoms with Crippen LogP contribution in [0.3, 0.4) is 0 Å². The molecule has 0 radical (unpaired) electrons. The molecule has 6 nitrogen and oxygen atoms in total. The zero-order valence-corrected chi connectivity index (χ0v) is 34.2. The van der Waals surface area contributed by atoms with Crippen LogP contribution in [0, 0.1) is 31.5 Å². The molecule has 0 unspecified atom stereocenters. The molecule has 7 heterocycles. The summed E-state index contributed by atoms with van der Waals surface area (Å²) in [6.07, 6.45) is 9.97. The van der Waals surface area contributed by atoms with Crippen molar-refractivity contribution in [3.05, 3.63) is 176 Å². The Balaban J connectivity index is 1.05. The van der Waals surface area contributed by atoms with Crippen molar-refractivity contribution in [1.82, 2.24) is 23.5 Å². The molecule has 0 amide bonds. The fourth-order valence-corrected chi connectivity index (χ4v) is 9.69. The molecule has 0 atom stereocenters. The van der Waals surface area contributed by atoms with Crippen LogP contribution in [0.1, 0.15) is 44.8 Å². The first kappa shape index (κ1) is 34.6. The first-order valence-corrected chi connectivity index (χ1v) is 20.4. The van der Waals surface area contributed by atoms with Crippen LogP contribution in [0.25, 0.3) is 50.0 Å². The third-order valence-electron chi connectivity index (χ3n) is 11.6. The molecule has 4 bridgehead atoms. The minimum absolute atomic E-state index is 0.679. The topological polar surface area (TPSA) is 49.3 Å². The molecular weight excluding hydrogens is 870 g/mol. The Morgan fingerprint density at radius 1 is 0.607 bits per heavy atom. The molecule has 278 valence electrons. The van der Waals surface area contributed by atoms with Crippen molar-refractivity contribution < 1.29 is 24.1 Å². The van der Waals surface area contributed by atoms with E-state index in [0.29, 0.717) is 5.75 Å². The summed E-state index contributed by atoms with van der Waals surface area (Å²) in [6, 6.07) is 39.4. The van der Waals surface area contributed by atoms with Crippen molar-refractivity contribution in [3.8, 4) is 34.1 Å². The van der Waals surface area contributed by atoms with Crippen LogP contribution in [0.15, 0.2) is 128 Å². The van der Waals surface area contributed by atoms with Gasteiger partial charge in [0.2, 0.25) is 0 Å². The van der Waals surface area contributed by atoms with Gasteiger partial charge in [0.1, 0.15) is 0 Å². The molecule has 2 aliphatic heterocycles. The van der Waals surface area contributed by atoms with E-state index in [4.69, 9.17) is 14.7 Å². The van der Waals surface area contributed by atoms with Crippen molar-refractivity contribution in [2.45, 2.75) is 53.4 Å². The number of aromatic nitrogens is 5. The molecule has 56 heavy (non-hydrogen) atoms. The van der Waals surface area contributed by atoms with Gasteiger partial charge in [-0.15, -0.1) is 0 Å². The number of fused-ring (bicyclic) bond motifs is 3. The Hall–Kier alpha value is -5.84. The standard InChI is InChI=1S/C49H41N5O.Pt/c1-31-22-32(2)51-49(23-31)54-46-21-16-39(37-8-6-5-7-9-37)24-45(46)44-20-19-42(26-47(44)54)55-43-25-41(27-50-28-43)52-29-48-38-13-12-35-10-11-36(34(4)33(35)3)14-17-40(18-15-38)53(48)30-52;/h5-11,15-16,18-29H,12-14,17H2,1-4H3;. The zero-order valence-electron chi connectivity index (χ0n) is 31.9. The average molecular weight is 911 g/mol. The van der Waals surface area contributed by atoms with E-state index in [0.717, 1.165) is 68.9 Å². The van der Waals surface area contributed by atoms with Gasteiger partial charge in [-0.1, -0.05) is 36.4 Å². The fraction of sp³-hybridized carbons (Fsp3) is 0.163. The molecule has 4 aliphatic rings. The van der Waals surface area contributed by atoms with E-state index < -0.39 is 0 Å².